The smallest absolute Gasteiger partial charge is 0.0781 e. The van der Waals surface area contributed by atoms with Crippen LogP contribution in [-0.4, -0.2) is 37.8 Å². The van der Waals surface area contributed by atoms with E-state index in [2.05, 4.69) is 39.3 Å². The van der Waals surface area contributed by atoms with Crippen LogP contribution >= 0.6 is 0 Å². The molecule has 0 saturated heterocycles. The van der Waals surface area contributed by atoms with Crippen LogP contribution in [-0.2, 0) is 0 Å². The lowest BCUT2D eigenvalue weighted by Crippen LogP contribution is -2.39. The number of aliphatic hydroxyl groups excluding tert-OH is 2. The molecule has 0 radical (unpaired) electrons. The van der Waals surface area contributed by atoms with Crippen LogP contribution in [0.25, 0.3) is 0 Å². The summed E-state index contributed by atoms with van der Waals surface area (Å²) >= 11 is 0. The average molecular weight is 263 g/mol. The van der Waals surface area contributed by atoms with E-state index in [1.165, 1.54) is 0 Å². The lowest BCUT2D eigenvalue weighted by atomic mass is 10.2. The SMILES string of the molecule is C[Si](C)(C)C(O)CCCCC(O)[Si](C)(C)C. The first-order chi connectivity index (χ1) is 7.05. The summed E-state index contributed by atoms with van der Waals surface area (Å²) in [4.78, 5) is 0. The molecule has 2 unspecified atom stereocenters. The second-order valence-electron chi connectivity index (χ2n) is 7.05. The molecule has 0 spiro atoms. The second-order valence-corrected chi connectivity index (χ2v) is 17.8. The van der Waals surface area contributed by atoms with E-state index in [1.807, 2.05) is 0 Å². The van der Waals surface area contributed by atoms with Crippen molar-refractivity contribution in [2.75, 3.05) is 0 Å². The van der Waals surface area contributed by atoms with Gasteiger partial charge in [0.1, 0.15) is 0 Å². The molecule has 2 nitrogen and oxygen atoms in total. The van der Waals surface area contributed by atoms with Crippen LogP contribution in [0.1, 0.15) is 25.7 Å². The van der Waals surface area contributed by atoms with Gasteiger partial charge in [0.05, 0.1) is 16.1 Å². The molecule has 0 heterocycles. The fourth-order valence-corrected chi connectivity index (χ4v) is 3.68. The van der Waals surface area contributed by atoms with Crippen LogP contribution in [0.5, 0.6) is 0 Å². The minimum Gasteiger partial charge on any atom is -0.397 e. The summed E-state index contributed by atoms with van der Waals surface area (Å²) in [5, 5.41) is 19.8. The fourth-order valence-electron chi connectivity index (χ4n) is 1.54. The predicted octanol–water partition coefficient (Wildman–Crippen LogP) is 3.02. The summed E-state index contributed by atoms with van der Waals surface area (Å²) in [5.74, 6) is 0. The molecule has 0 aromatic rings. The Balaban J connectivity index is 3.70. The van der Waals surface area contributed by atoms with E-state index in [9.17, 15) is 10.2 Å². The molecule has 0 saturated carbocycles. The zero-order valence-electron chi connectivity index (χ0n) is 11.9. The molecule has 4 heteroatoms. The maximum atomic E-state index is 9.92. The molecule has 0 aromatic carbocycles. The molecule has 0 aliphatic carbocycles. The van der Waals surface area contributed by atoms with Crippen molar-refractivity contribution >= 4 is 16.1 Å². The van der Waals surface area contributed by atoms with Gasteiger partial charge < -0.3 is 10.2 Å². The Labute approximate surface area is 103 Å². The Kier molecular flexibility index (Phi) is 6.47. The number of unbranched alkanes of at least 4 members (excludes halogenated alkanes) is 1. The van der Waals surface area contributed by atoms with E-state index < -0.39 is 16.1 Å². The third-order valence-corrected chi connectivity index (χ3v) is 7.78. The normalized spacial score (nSPS) is 17.2. The summed E-state index contributed by atoms with van der Waals surface area (Å²) in [6, 6.07) is 0. The minimum absolute atomic E-state index is 0.0866. The molecular formula is C12H30O2Si2. The number of rotatable bonds is 7. The third-order valence-electron chi connectivity index (χ3n) is 3.20. The van der Waals surface area contributed by atoms with Gasteiger partial charge in [-0.15, -0.1) is 0 Å². The third kappa shape index (κ3) is 6.83. The minimum atomic E-state index is -1.37. The first-order valence-electron chi connectivity index (χ1n) is 6.41. The first-order valence-corrected chi connectivity index (χ1v) is 13.6. The molecule has 0 rings (SSSR count). The van der Waals surface area contributed by atoms with Crippen LogP contribution in [0.15, 0.2) is 0 Å². The lowest BCUT2D eigenvalue weighted by molar-refractivity contribution is 0.211. The highest BCUT2D eigenvalue weighted by atomic mass is 28.3. The zero-order valence-corrected chi connectivity index (χ0v) is 13.9. The standard InChI is InChI=1S/C12H30O2Si2/c1-15(2,3)11(13)9-7-8-10-12(14)16(4,5)6/h11-14H,7-10H2,1-6H3. The van der Waals surface area contributed by atoms with E-state index in [0.717, 1.165) is 25.7 Å². The molecule has 0 bridgehead atoms. The van der Waals surface area contributed by atoms with Gasteiger partial charge in [-0.1, -0.05) is 52.1 Å². The van der Waals surface area contributed by atoms with Gasteiger partial charge in [-0.05, 0) is 12.8 Å². The van der Waals surface area contributed by atoms with Crippen LogP contribution in [0.2, 0.25) is 39.3 Å². The van der Waals surface area contributed by atoms with Crippen molar-refractivity contribution in [1.29, 1.82) is 0 Å². The van der Waals surface area contributed by atoms with Crippen molar-refractivity contribution in [1.82, 2.24) is 0 Å². The van der Waals surface area contributed by atoms with Gasteiger partial charge in [-0.25, -0.2) is 0 Å². The van der Waals surface area contributed by atoms with Gasteiger partial charge in [-0.3, -0.25) is 0 Å². The molecule has 98 valence electrons. The van der Waals surface area contributed by atoms with E-state index in [-0.39, 0.29) is 11.5 Å². The largest absolute Gasteiger partial charge is 0.397 e. The molecule has 0 aliphatic heterocycles. The van der Waals surface area contributed by atoms with Crippen LogP contribution in [0, 0.1) is 0 Å². The van der Waals surface area contributed by atoms with Gasteiger partial charge in [0.25, 0.3) is 0 Å². The quantitative estimate of drug-likeness (QED) is 0.547. The summed E-state index contributed by atoms with van der Waals surface area (Å²) in [7, 11) is -2.75. The molecule has 0 aliphatic rings. The maximum Gasteiger partial charge on any atom is 0.0781 e. The Morgan fingerprint density at radius 2 is 0.938 bits per heavy atom. The maximum absolute atomic E-state index is 9.92. The number of hydrogen-bond acceptors (Lipinski definition) is 2. The number of hydrogen-bond donors (Lipinski definition) is 2. The van der Waals surface area contributed by atoms with Crippen molar-refractivity contribution in [3.05, 3.63) is 0 Å². The summed E-state index contributed by atoms with van der Waals surface area (Å²) in [6.45, 7) is 13.2. The van der Waals surface area contributed by atoms with Crippen molar-refractivity contribution in [3.63, 3.8) is 0 Å². The van der Waals surface area contributed by atoms with Gasteiger partial charge >= 0.3 is 0 Å². The Hall–Kier alpha value is 0.354. The lowest BCUT2D eigenvalue weighted by Gasteiger charge is -2.25. The van der Waals surface area contributed by atoms with Crippen LogP contribution < -0.4 is 0 Å². The Morgan fingerprint density at radius 3 is 1.12 bits per heavy atom. The van der Waals surface area contributed by atoms with E-state index >= 15 is 0 Å². The topological polar surface area (TPSA) is 40.5 Å². The zero-order chi connectivity index (χ0) is 13.0. The van der Waals surface area contributed by atoms with E-state index in [0.29, 0.717) is 0 Å². The highest BCUT2D eigenvalue weighted by molar-refractivity contribution is 6.77. The molecule has 0 amide bonds. The highest BCUT2D eigenvalue weighted by Crippen LogP contribution is 2.17. The Morgan fingerprint density at radius 1 is 0.688 bits per heavy atom. The summed E-state index contributed by atoms with van der Waals surface area (Å²) in [6.07, 6.45) is 3.92. The van der Waals surface area contributed by atoms with Gasteiger partial charge in [-0.2, -0.15) is 0 Å². The monoisotopic (exact) mass is 262 g/mol. The van der Waals surface area contributed by atoms with Crippen molar-refractivity contribution in [3.8, 4) is 0 Å². The van der Waals surface area contributed by atoms with Crippen LogP contribution in [0.4, 0.5) is 0 Å². The molecule has 0 fully saturated rings. The van der Waals surface area contributed by atoms with Crippen molar-refractivity contribution in [2.24, 2.45) is 0 Å². The van der Waals surface area contributed by atoms with Crippen molar-refractivity contribution < 1.29 is 10.2 Å². The van der Waals surface area contributed by atoms with Gasteiger partial charge in [0.15, 0.2) is 0 Å². The molecule has 0 aromatic heterocycles. The summed E-state index contributed by atoms with van der Waals surface area (Å²) < 4.78 is 0. The molecule has 2 atom stereocenters. The first kappa shape index (κ1) is 16.4. The van der Waals surface area contributed by atoms with Crippen molar-refractivity contribution in [2.45, 2.75) is 76.4 Å². The summed E-state index contributed by atoms with van der Waals surface area (Å²) in [5.41, 5.74) is -0.173. The predicted molar refractivity (Wildman–Crippen MR) is 77.2 cm³/mol. The molecule has 16 heavy (non-hydrogen) atoms. The molecule has 2 N–H and O–H groups in total. The highest BCUT2D eigenvalue weighted by Gasteiger charge is 2.25. The number of aliphatic hydroxyl groups is 2. The van der Waals surface area contributed by atoms with Gasteiger partial charge in [0, 0.05) is 11.5 Å². The fraction of sp³-hybridized carbons (Fsp3) is 1.00. The molecular weight excluding hydrogens is 232 g/mol. The van der Waals surface area contributed by atoms with E-state index in [4.69, 9.17) is 0 Å². The second kappa shape index (κ2) is 6.33. The van der Waals surface area contributed by atoms with Gasteiger partial charge in [0.2, 0.25) is 0 Å². The average Bonchev–Trinajstić information content (AvgIpc) is 2.08. The Bertz CT molecular complexity index is 172. The van der Waals surface area contributed by atoms with Crippen LogP contribution in [0.3, 0.4) is 0 Å². The van der Waals surface area contributed by atoms with E-state index in [1.54, 1.807) is 0 Å².